The summed E-state index contributed by atoms with van der Waals surface area (Å²) in [6.45, 7) is 8.69. The van der Waals surface area contributed by atoms with Crippen LogP contribution >= 0.6 is 24.0 Å². The topological polar surface area (TPSA) is 58.6 Å². The molecule has 0 spiro atoms. The molecule has 2 aliphatic rings. The molecule has 2 aliphatic heterocycles. The maximum Gasteiger partial charge on any atom is 0.193 e. The van der Waals surface area contributed by atoms with Gasteiger partial charge in [0.1, 0.15) is 12.4 Å². The Morgan fingerprint density at radius 3 is 2.83 bits per heavy atom. The third-order valence-electron chi connectivity index (χ3n) is 5.26. The lowest BCUT2D eigenvalue weighted by atomic mass is 10.1. The summed E-state index contributed by atoms with van der Waals surface area (Å²) in [7, 11) is 3.91. The van der Waals surface area contributed by atoms with Crippen molar-refractivity contribution in [3.05, 3.63) is 29.8 Å². The van der Waals surface area contributed by atoms with Crippen molar-refractivity contribution in [1.82, 2.24) is 15.1 Å². The zero-order chi connectivity index (χ0) is 19.6. The number of nitrogens with zero attached hydrogens (tertiary/aromatic N) is 3. The first kappa shape index (κ1) is 24.2. The van der Waals surface area contributed by atoms with Crippen LogP contribution in [0, 0.1) is 5.92 Å². The van der Waals surface area contributed by atoms with Gasteiger partial charge in [0.05, 0.1) is 19.8 Å². The summed E-state index contributed by atoms with van der Waals surface area (Å²) in [5.74, 6) is 2.41. The lowest BCUT2D eigenvalue weighted by Crippen LogP contribution is -2.41. The number of hydrogen-bond acceptors (Lipinski definition) is 5. The average Bonchev–Trinajstić information content (AvgIpc) is 3.23. The molecule has 1 aromatic rings. The summed E-state index contributed by atoms with van der Waals surface area (Å²) in [4.78, 5) is 8.97. The standard InChI is InChI=1S/C21H34N4O3.HI/c1-22-21(24(2)16-19-6-10-27-17-19)23-15-18-4-3-5-20(14-18)28-13-9-25-7-11-26-12-8-25;/h3-5,14,19H,6-13,15-17H2,1-2H3,(H,22,23);1H. The third-order valence-corrected chi connectivity index (χ3v) is 5.26. The van der Waals surface area contributed by atoms with E-state index in [0.29, 0.717) is 12.5 Å². The lowest BCUT2D eigenvalue weighted by Gasteiger charge is -2.26. The molecule has 29 heavy (non-hydrogen) atoms. The fourth-order valence-electron chi connectivity index (χ4n) is 3.63. The van der Waals surface area contributed by atoms with Crippen molar-refractivity contribution in [3.8, 4) is 5.75 Å². The summed E-state index contributed by atoms with van der Waals surface area (Å²) in [5, 5.41) is 3.45. The van der Waals surface area contributed by atoms with Gasteiger partial charge in [-0.25, -0.2) is 0 Å². The highest BCUT2D eigenvalue weighted by atomic mass is 127. The van der Waals surface area contributed by atoms with Gasteiger partial charge in [0.25, 0.3) is 0 Å². The molecule has 8 heteroatoms. The summed E-state index contributed by atoms with van der Waals surface area (Å²) < 4.78 is 16.8. The van der Waals surface area contributed by atoms with Crippen LogP contribution in [0.25, 0.3) is 0 Å². The Kier molecular flexibility index (Phi) is 11.0. The van der Waals surface area contributed by atoms with Gasteiger partial charge < -0.3 is 24.4 Å². The molecule has 1 atom stereocenters. The molecule has 2 saturated heterocycles. The quantitative estimate of drug-likeness (QED) is 0.323. The SMILES string of the molecule is CN=C(NCc1cccc(OCCN2CCOCC2)c1)N(C)CC1CCOC1.I. The van der Waals surface area contributed by atoms with E-state index in [9.17, 15) is 0 Å². The number of rotatable bonds is 8. The van der Waals surface area contributed by atoms with Gasteiger partial charge in [-0.15, -0.1) is 24.0 Å². The molecule has 0 bridgehead atoms. The molecule has 3 rings (SSSR count). The minimum Gasteiger partial charge on any atom is -0.492 e. The molecule has 0 aliphatic carbocycles. The molecule has 0 aromatic heterocycles. The van der Waals surface area contributed by atoms with Crippen LogP contribution in [-0.2, 0) is 16.0 Å². The highest BCUT2D eigenvalue weighted by Gasteiger charge is 2.19. The Labute approximate surface area is 191 Å². The average molecular weight is 518 g/mol. The predicted octanol–water partition coefficient (Wildman–Crippen LogP) is 2.06. The predicted molar refractivity (Wildman–Crippen MR) is 126 cm³/mol. The fraction of sp³-hybridized carbons (Fsp3) is 0.667. The van der Waals surface area contributed by atoms with Crippen LogP contribution in [0.4, 0.5) is 0 Å². The van der Waals surface area contributed by atoms with E-state index in [2.05, 4.69) is 39.3 Å². The van der Waals surface area contributed by atoms with E-state index in [1.54, 1.807) is 0 Å². The molecule has 1 N–H and O–H groups in total. The Bertz CT molecular complexity index is 620. The number of halogens is 1. The van der Waals surface area contributed by atoms with Crippen LogP contribution in [0.3, 0.4) is 0 Å². The monoisotopic (exact) mass is 518 g/mol. The summed E-state index contributed by atoms with van der Waals surface area (Å²) in [5.41, 5.74) is 1.18. The van der Waals surface area contributed by atoms with E-state index in [4.69, 9.17) is 14.2 Å². The van der Waals surface area contributed by atoms with Crippen LogP contribution in [0.2, 0.25) is 0 Å². The molecule has 0 saturated carbocycles. The first-order valence-corrected chi connectivity index (χ1v) is 10.3. The highest BCUT2D eigenvalue weighted by Crippen LogP contribution is 2.15. The number of morpholine rings is 1. The van der Waals surface area contributed by atoms with Crippen molar-refractivity contribution in [3.63, 3.8) is 0 Å². The lowest BCUT2D eigenvalue weighted by molar-refractivity contribution is 0.0322. The molecular formula is C21H35IN4O3. The van der Waals surface area contributed by atoms with E-state index >= 15 is 0 Å². The van der Waals surface area contributed by atoms with Gasteiger partial charge in [-0.2, -0.15) is 0 Å². The Balaban J connectivity index is 0.00000300. The number of nitrogens with one attached hydrogen (secondary N) is 1. The highest BCUT2D eigenvalue weighted by molar-refractivity contribution is 14.0. The van der Waals surface area contributed by atoms with Gasteiger partial charge >= 0.3 is 0 Å². The number of guanidine groups is 1. The van der Waals surface area contributed by atoms with Gasteiger partial charge in [-0.1, -0.05) is 12.1 Å². The second-order valence-corrected chi connectivity index (χ2v) is 7.46. The summed E-state index contributed by atoms with van der Waals surface area (Å²) >= 11 is 0. The second kappa shape index (κ2) is 13.3. The normalized spacial score (nSPS) is 20.2. The van der Waals surface area contributed by atoms with Crippen LogP contribution in [0.1, 0.15) is 12.0 Å². The Hall–Kier alpha value is -1.10. The molecule has 1 aromatic carbocycles. The van der Waals surface area contributed by atoms with E-state index < -0.39 is 0 Å². The van der Waals surface area contributed by atoms with E-state index in [0.717, 1.165) is 77.3 Å². The van der Waals surface area contributed by atoms with Gasteiger partial charge in [0, 0.05) is 59.3 Å². The number of aliphatic imine (C=N–C) groups is 1. The number of ether oxygens (including phenoxy) is 3. The summed E-state index contributed by atoms with van der Waals surface area (Å²) in [6, 6.07) is 8.28. The van der Waals surface area contributed by atoms with Crippen molar-refractivity contribution in [2.75, 3.05) is 73.3 Å². The minimum absolute atomic E-state index is 0. The third kappa shape index (κ3) is 8.27. The largest absolute Gasteiger partial charge is 0.492 e. The second-order valence-electron chi connectivity index (χ2n) is 7.46. The minimum atomic E-state index is 0. The van der Waals surface area contributed by atoms with Gasteiger partial charge in [0.15, 0.2) is 5.96 Å². The van der Waals surface area contributed by atoms with Crippen molar-refractivity contribution in [2.24, 2.45) is 10.9 Å². The van der Waals surface area contributed by atoms with E-state index in [1.807, 2.05) is 19.2 Å². The van der Waals surface area contributed by atoms with Crippen molar-refractivity contribution in [1.29, 1.82) is 0 Å². The van der Waals surface area contributed by atoms with Crippen LogP contribution in [0.15, 0.2) is 29.3 Å². The molecule has 0 radical (unpaired) electrons. The molecule has 2 fully saturated rings. The smallest absolute Gasteiger partial charge is 0.193 e. The summed E-state index contributed by atoms with van der Waals surface area (Å²) in [6.07, 6.45) is 1.13. The van der Waals surface area contributed by atoms with Gasteiger partial charge in [-0.3, -0.25) is 9.89 Å². The Morgan fingerprint density at radius 2 is 2.10 bits per heavy atom. The molecule has 164 valence electrons. The molecule has 0 amide bonds. The number of benzene rings is 1. The van der Waals surface area contributed by atoms with Crippen LogP contribution in [-0.4, -0.2) is 89.1 Å². The first-order valence-electron chi connectivity index (χ1n) is 10.3. The van der Waals surface area contributed by atoms with Gasteiger partial charge in [0.2, 0.25) is 0 Å². The maximum atomic E-state index is 5.95. The van der Waals surface area contributed by atoms with Crippen molar-refractivity contribution >= 4 is 29.9 Å². The molecule has 7 nitrogen and oxygen atoms in total. The first-order chi connectivity index (χ1) is 13.7. The van der Waals surface area contributed by atoms with Gasteiger partial charge in [-0.05, 0) is 24.1 Å². The molecule has 2 heterocycles. The van der Waals surface area contributed by atoms with Crippen molar-refractivity contribution < 1.29 is 14.2 Å². The molecule has 1 unspecified atom stereocenters. The fourth-order valence-corrected chi connectivity index (χ4v) is 3.63. The van der Waals surface area contributed by atoms with E-state index in [-0.39, 0.29) is 24.0 Å². The number of hydrogen-bond donors (Lipinski definition) is 1. The Morgan fingerprint density at radius 1 is 1.28 bits per heavy atom. The van der Waals surface area contributed by atoms with E-state index in [1.165, 1.54) is 5.56 Å². The van der Waals surface area contributed by atoms with Crippen LogP contribution in [0.5, 0.6) is 5.75 Å². The zero-order valence-corrected chi connectivity index (χ0v) is 20.0. The maximum absolute atomic E-state index is 5.95. The van der Waals surface area contributed by atoms with Crippen LogP contribution < -0.4 is 10.1 Å². The molecular weight excluding hydrogens is 483 g/mol. The zero-order valence-electron chi connectivity index (χ0n) is 17.6. The van der Waals surface area contributed by atoms with Crippen molar-refractivity contribution in [2.45, 2.75) is 13.0 Å².